The molecule has 6 heteroatoms. The average Bonchev–Trinajstić information content (AvgIpc) is 3.85. The fourth-order valence-electron chi connectivity index (χ4n) is 10.2. The number of piperidine rings is 1. The van der Waals surface area contributed by atoms with Crippen LogP contribution < -0.4 is 14.9 Å². The lowest BCUT2D eigenvalue weighted by molar-refractivity contribution is -0.995. The Balaban J connectivity index is 1.08. The van der Waals surface area contributed by atoms with Crippen molar-refractivity contribution >= 4 is 5.91 Å². The molecule has 3 aromatic carbocycles. The number of hydrogen-bond donors (Lipinski definition) is 2. The third-order valence-corrected chi connectivity index (χ3v) is 12.6. The standard InChI is InChI=1S/C41H50N2O4/c1-46-36-26-35(44)32-25-34-33-17-10-18-37-41(33,38(32)39(36)47-37)23-24-43(34,27-30-19-20-30)42-40(45)31(22-21-29-13-6-3-7-14-29)16-9-8-15-28-11-4-2-5-12-28/h2-7,11-14,26,30-31,33-34,37H,8-10,15-25,27H2,1H3,(H-,42,44,45)/p+1/t31?,33-,34+,37-,41+,43?/m0/s1. The molecule has 6 atom stereocenters. The molecule has 47 heavy (non-hydrogen) atoms. The van der Waals surface area contributed by atoms with Crippen molar-refractivity contribution < 1.29 is 24.0 Å². The molecule has 2 N–H and O–H groups in total. The topological polar surface area (TPSA) is 67.8 Å². The van der Waals surface area contributed by atoms with Crippen LogP contribution in [-0.4, -0.2) is 48.0 Å². The van der Waals surface area contributed by atoms with Crippen molar-refractivity contribution in [1.29, 1.82) is 0 Å². The van der Waals surface area contributed by atoms with Crippen molar-refractivity contribution in [2.45, 2.75) is 101 Å². The number of benzene rings is 3. The molecule has 0 radical (unpaired) electrons. The Bertz CT molecular complexity index is 1590. The average molecular weight is 636 g/mol. The summed E-state index contributed by atoms with van der Waals surface area (Å²) in [6.45, 7) is 1.94. The summed E-state index contributed by atoms with van der Waals surface area (Å²) in [5.41, 5.74) is 8.69. The van der Waals surface area contributed by atoms with Gasteiger partial charge in [-0.3, -0.25) is 4.79 Å². The molecule has 2 aliphatic heterocycles. The van der Waals surface area contributed by atoms with Crippen LogP contribution in [0, 0.1) is 17.8 Å². The fourth-order valence-corrected chi connectivity index (χ4v) is 10.2. The van der Waals surface area contributed by atoms with E-state index in [1.807, 2.05) is 0 Å². The number of carbonyl (C=O) groups excluding carboxylic acids is 1. The molecule has 1 saturated heterocycles. The molecule has 3 fully saturated rings. The third-order valence-electron chi connectivity index (χ3n) is 12.6. The number of ether oxygens (including phenoxy) is 2. The highest BCUT2D eigenvalue weighted by Gasteiger charge is 2.69. The van der Waals surface area contributed by atoms with Gasteiger partial charge in [-0.25, -0.2) is 10.0 Å². The van der Waals surface area contributed by atoms with Crippen molar-refractivity contribution in [3.05, 3.63) is 89.0 Å². The molecule has 5 aliphatic rings. The number of methoxy groups -OCH3 is 1. The van der Waals surface area contributed by atoms with Gasteiger partial charge in [-0.15, -0.1) is 0 Å². The normalized spacial score (nSPS) is 29.0. The number of likely N-dealkylation sites (tertiary alicyclic amines) is 1. The molecule has 1 spiro atoms. The number of hydrogen-bond acceptors (Lipinski definition) is 4. The van der Waals surface area contributed by atoms with Gasteiger partial charge in [0.15, 0.2) is 11.5 Å². The highest BCUT2D eigenvalue weighted by atomic mass is 16.5. The minimum absolute atomic E-state index is 0.0230. The first-order valence-electron chi connectivity index (χ1n) is 18.4. The van der Waals surface area contributed by atoms with Gasteiger partial charge in [0.1, 0.15) is 31.0 Å². The van der Waals surface area contributed by atoms with Gasteiger partial charge in [-0.2, -0.15) is 0 Å². The Kier molecular flexibility index (Phi) is 8.19. The Morgan fingerprint density at radius 3 is 2.47 bits per heavy atom. The molecular weight excluding hydrogens is 584 g/mol. The number of amides is 1. The van der Waals surface area contributed by atoms with Crippen molar-refractivity contribution in [3.63, 3.8) is 0 Å². The molecule has 6 nitrogen and oxygen atoms in total. The smallest absolute Gasteiger partial charge is 0.268 e. The molecule has 0 aromatic heterocycles. The summed E-state index contributed by atoms with van der Waals surface area (Å²) >= 11 is 0. The van der Waals surface area contributed by atoms with Crippen LogP contribution in [0.5, 0.6) is 17.2 Å². The summed E-state index contributed by atoms with van der Waals surface area (Å²) in [4.78, 5) is 14.7. The summed E-state index contributed by atoms with van der Waals surface area (Å²) in [5.74, 6) is 3.16. The molecule has 3 aromatic rings. The zero-order valence-corrected chi connectivity index (χ0v) is 28.0. The van der Waals surface area contributed by atoms with Crippen LogP contribution in [0.15, 0.2) is 66.7 Å². The van der Waals surface area contributed by atoms with Crippen LogP contribution in [-0.2, 0) is 29.5 Å². The van der Waals surface area contributed by atoms with Crippen LogP contribution in [0.4, 0.5) is 0 Å². The second-order valence-corrected chi connectivity index (χ2v) is 15.3. The SMILES string of the molecule is COc1cc(O)c2c3c1O[C@H]1CCC[C@H]4[C@@H](C2)[N+](CC2CC2)(NC(=O)C(CCCCc2ccccc2)CCc2ccccc2)CC[C@]314. The number of nitrogens with one attached hydrogen (secondary N) is 1. The minimum atomic E-state index is -0.0992. The Morgan fingerprint density at radius 2 is 1.74 bits per heavy atom. The molecule has 2 heterocycles. The lowest BCUT2D eigenvalue weighted by atomic mass is 9.51. The monoisotopic (exact) mass is 635 g/mol. The molecule has 8 rings (SSSR count). The highest BCUT2D eigenvalue weighted by molar-refractivity contribution is 5.77. The van der Waals surface area contributed by atoms with Gasteiger partial charge in [0.25, 0.3) is 5.91 Å². The zero-order chi connectivity index (χ0) is 32.0. The van der Waals surface area contributed by atoms with Gasteiger partial charge in [0.05, 0.1) is 12.5 Å². The Morgan fingerprint density at radius 1 is 1.00 bits per heavy atom. The first kappa shape index (κ1) is 30.8. The van der Waals surface area contributed by atoms with E-state index in [-0.39, 0.29) is 29.4 Å². The molecule has 3 aliphatic carbocycles. The second kappa shape index (κ2) is 12.5. The summed E-state index contributed by atoms with van der Waals surface area (Å²) < 4.78 is 13.2. The highest BCUT2D eigenvalue weighted by Crippen LogP contribution is 2.66. The van der Waals surface area contributed by atoms with Gasteiger partial charge < -0.3 is 14.6 Å². The van der Waals surface area contributed by atoms with Gasteiger partial charge in [0.2, 0.25) is 0 Å². The zero-order valence-electron chi connectivity index (χ0n) is 28.0. The first-order chi connectivity index (χ1) is 23.0. The molecule has 2 saturated carbocycles. The van der Waals surface area contributed by atoms with Crippen LogP contribution >= 0.6 is 0 Å². The predicted octanol–water partition coefficient (Wildman–Crippen LogP) is 7.45. The largest absolute Gasteiger partial charge is 0.508 e. The van der Waals surface area contributed by atoms with E-state index in [2.05, 4.69) is 66.1 Å². The van der Waals surface area contributed by atoms with Crippen molar-refractivity contribution in [2.24, 2.45) is 17.8 Å². The summed E-state index contributed by atoms with van der Waals surface area (Å²) in [6.07, 6.45) is 13.6. The number of aromatic hydroxyl groups is 1. The first-order valence-corrected chi connectivity index (χ1v) is 18.4. The van der Waals surface area contributed by atoms with Gasteiger partial charge in [-0.1, -0.05) is 67.1 Å². The number of carbonyl (C=O) groups is 1. The fraction of sp³-hybridized carbons (Fsp3) is 0.537. The molecule has 248 valence electrons. The van der Waals surface area contributed by atoms with Gasteiger partial charge >= 0.3 is 0 Å². The second-order valence-electron chi connectivity index (χ2n) is 15.3. The van der Waals surface area contributed by atoms with Crippen LogP contribution in [0.25, 0.3) is 0 Å². The number of nitrogens with zero attached hydrogens (tertiary/aromatic N) is 1. The Labute approximate surface area is 280 Å². The van der Waals surface area contributed by atoms with E-state index in [4.69, 9.17) is 9.47 Å². The number of phenolic OH excluding ortho intramolecular Hbond substituents is 1. The van der Waals surface area contributed by atoms with E-state index < -0.39 is 0 Å². The summed E-state index contributed by atoms with van der Waals surface area (Å²) in [5, 5.41) is 11.4. The quantitative estimate of drug-likeness (QED) is 0.151. The van der Waals surface area contributed by atoms with Crippen molar-refractivity contribution in [2.75, 3.05) is 20.2 Å². The van der Waals surface area contributed by atoms with Gasteiger partial charge in [0, 0.05) is 47.8 Å². The number of unbranched alkanes of at least 4 members (excludes halogenated alkanes) is 1. The van der Waals surface area contributed by atoms with Crippen LogP contribution in [0.1, 0.15) is 86.5 Å². The lowest BCUT2D eigenvalue weighted by Crippen LogP contribution is -2.77. The van der Waals surface area contributed by atoms with Gasteiger partial charge in [-0.05, 0) is 75.3 Å². The number of rotatable bonds is 13. The minimum Gasteiger partial charge on any atom is -0.508 e. The maximum atomic E-state index is 14.7. The Hall–Kier alpha value is -3.51. The maximum Gasteiger partial charge on any atom is 0.268 e. The van der Waals surface area contributed by atoms with Crippen molar-refractivity contribution in [1.82, 2.24) is 5.43 Å². The van der Waals surface area contributed by atoms with Crippen molar-refractivity contribution in [3.8, 4) is 17.2 Å². The van der Waals surface area contributed by atoms with Crippen LogP contribution in [0.2, 0.25) is 0 Å². The number of phenols is 1. The van der Waals surface area contributed by atoms with E-state index in [1.165, 1.54) is 29.5 Å². The van der Waals surface area contributed by atoms with E-state index in [0.29, 0.717) is 27.9 Å². The van der Waals surface area contributed by atoms with E-state index in [1.54, 1.807) is 13.2 Å². The summed E-state index contributed by atoms with van der Waals surface area (Å²) in [6, 6.07) is 23.4. The number of aryl methyl sites for hydroxylation is 2. The third kappa shape index (κ3) is 5.50. The van der Waals surface area contributed by atoms with E-state index in [9.17, 15) is 9.90 Å². The predicted molar refractivity (Wildman–Crippen MR) is 183 cm³/mol. The maximum absolute atomic E-state index is 14.7. The lowest BCUT2D eigenvalue weighted by Gasteiger charge is -2.61. The number of quaternary nitrogens is 1. The van der Waals surface area contributed by atoms with Crippen LogP contribution in [0.3, 0.4) is 0 Å². The molecule has 2 bridgehead atoms. The van der Waals surface area contributed by atoms with E-state index in [0.717, 1.165) is 95.0 Å². The molecule has 1 amide bonds. The van der Waals surface area contributed by atoms with E-state index >= 15 is 0 Å². The summed E-state index contributed by atoms with van der Waals surface area (Å²) in [7, 11) is 1.67. The molecular formula is C41H51N2O4+. The molecule has 2 unspecified atom stereocenters.